The molecule has 0 aliphatic carbocycles. The quantitative estimate of drug-likeness (QED) is 0.822. The van der Waals surface area contributed by atoms with Gasteiger partial charge in [-0.15, -0.1) is 0 Å². The number of hydrogen-bond acceptors (Lipinski definition) is 4. The summed E-state index contributed by atoms with van der Waals surface area (Å²) >= 11 is 0. The molecular weight excluding hydrogens is 326 g/mol. The van der Waals surface area contributed by atoms with Crippen molar-refractivity contribution >= 4 is 10.0 Å². The Morgan fingerprint density at radius 3 is 2.83 bits per heavy atom. The second kappa shape index (κ2) is 7.55. The Morgan fingerprint density at radius 1 is 1.43 bits per heavy atom. The number of rotatable bonds is 7. The van der Waals surface area contributed by atoms with E-state index < -0.39 is 16.6 Å². The molecule has 0 spiro atoms. The molecule has 1 unspecified atom stereocenters. The SMILES string of the molecule is CC(NC[C@H]1CCCN1S(C)(=O)=O)c1cccc(OC(F)F)c1. The van der Waals surface area contributed by atoms with Crippen molar-refractivity contribution in [2.24, 2.45) is 0 Å². The number of alkyl halides is 2. The molecule has 0 radical (unpaired) electrons. The Balaban J connectivity index is 1.95. The molecule has 1 saturated heterocycles. The fourth-order valence-corrected chi connectivity index (χ4v) is 4.02. The molecule has 1 fully saturated rings. The van der Waals surface area contributed by atoms with Crippen molar-refractivity contribution in [3.05, 3.63) is 29.8 Å². The van der Waals surface area contributed by atoms with Gasteiger partial charge in [-0.25, -0.2) is 8.42 Å². The van der Waals surface area contributed by atoms with Gasteiger partial charge in [0.15, 0.2) is 0 Å². The molecule has 1 N–H and O–H groups in total. The van der Waals surface area contributed by atoms with E-state index in [1.54, 1.807) is 12.1 Å². The summed E-state index contributed by atoms with van der Waals surface area (Å²) in [4.78, 5) is 0. The first-order chi connectivity index (χ1) is 10.8. The van der Waals surface area contributed by atoms with Crippen LogP contribution in [0.15, 0.2) is 24.3 Å². The van der Waals surface area contributed by atoms with E-state index in [0.717, 1.165) is 18.4 Å². The molecule has 0 aromatic heterocycles. The fraction of sp³-hybridized carbons (Fsp3) is 0.600. The van der Waals surface area contributed by atoms with E-state index in [-0.39, 0.29) is 17.8 Å². The average Bonchev–Trinajstić information content (AvgIpc) is 2.93. The summed E-state index contributed by atoms with van der Waals surface area (Å²) in [5, 5.41) is 3.27. The molecule has 8 heteroatoms. The van der Waals surface area contributed by atoms with Crippen molar-refractivity contribution in [2.75, 3.05) is 19.3 Å². The predicted octanol–water partition coefficient (Wildman–Crippen LogP) is 2.36. The Labute approximate surface area is 135 Å². The van der Waals surface area contributed by atoms with Crippen LogP contribution in [0.4, 0.5) is 8.78 Å². The monoisotopic (exact) mass is 348 g/mol. The maximum Gasteiger partial charge on any atom is 0.387 e. The number of sulfonamides is 1. The molecule has 1 aliphatic heterocycles. The van der Waals surface area contributed by atoms with E-state index in [1.807, 2.05) is 13.0 Å². The fourth-order valence-electron chi connectivity index (χ4n) is 2.84. The molecule has 0 bridgehead atoms. The van der Waals surface area contributed by atoms with Crippen LogP contribution in [0.5, 0.6) is 5.75 Å². The highest BCUT2D eigenvalue weighted by Crippen LogP contribution is 2.23. The van der Waals surface area contributed by atoms with Crippen LogP contribution in [0.3, 0.4) is 0 Å². The summed E-state index contributed by atoms with van der Waals surface area (Å²) in [6, 6.07) is 6.35. The molecule has 0 saturated carbocycles. The van der Waals surface area contributed by atoms with E-state index in [1.165, 1.54) is 16.6 Å². The Hall–Kier alpha value is -1.25. The molecule has 1 heterocycles. The predicted molar refractivity (Wildman–Crippen MR) is 84.1 cm³/mol. The molecule has 5 nitrogen and oxygen atoms in total. The average molecular weight is 348 g/mol. The zero-order valence-electron chi connectivity index (χ0n) is 13.2. The van der Waals surface area contributed by atoms with E-state index in [2.05, 4.69) is 10.1 Å². The summed E-state index contributed by atoms with van der Waals surface area (Å²) in [5.74, 6) is 0.116. The molecule has 130 valence electrons. The van der Waals surface area contributed by atoms with Crippen LogP contribution in [0.1, 0.15) is 31.4 Å². The maximum atomic E-state index is 12.3. The van der Waals surface area contributed by atoms with Crippen LogP contribution in [-0.2, 0) is 10.0 Å². The van der Waals surface area contributed by atoms with Crippen molar-refractivity contribution in [2.45, 2.75) is 38.5 Å². The largest absolute Gasteiger partial charge is 0.435 e. The van der Waals surface area contributed by atoms with Gasteiger partial charge in [-0.05, 0) is 37.5 Å². The lowest BCUT2D eigenvalue weighted by Gasteiger charge is -2.24. The summed E-state index contributed by atoms with van der Waals surface area (Å²) < 4.78 is 53.9. The summed E-state index contributed by atoms with van der Waals surface area (Å²) in [5.41, 5.74) is 0.812. The molecular formula is C15H22F2N2O3S. The van der Waals surface area contributed by atoms with Crippen LogP contribution in [0.25, 0.3) is 0 Å². The van der Waals surface area contributed by atoms with Crippen LogP contribution in [0.2, 0.25) is 0 Å². The number of halogens is 2. The third-order valence-electron chi connectivity index (χ3n) is 3.99. The summed E-state index contributed by atoms with van der Waals surface area (Å²) in [6.45, 7) is 0.127. The molecule has 2 rings (SSSR count). The van der Waals surface area contributed by atoms with Gasteiger partial charge in [0.05, 0.1) is 6.26 Å². The normalized spacial score (nSPS) is 20.8. The number of ether oxygens (including phenoxy) is 1. The minimum Gasteiger partial charge on any atom is -0.435 e. The van der Waals surface area contributed by atoms with E-state index in [4.69, 9.17) is 0 Å². The standard InChI is InChI=1S/C15H22F2N2O3S/c1-11(12-5-3-7-14(9-12)22-15(16)17)18-10-13-6-4-8-19(13)23(2,20)21/h3,5,7,9,11,13,15,18H,4,6,8,10H2,1-2H3/t11?,13-/m1/s1. The van der Waals surface area contributed by atoms with Crippen LogP contribution in [-0.4, -0.2) is 44.7 Å². The minimum atomic E-state index is -3.19. The number of nitrogens with one attached hydrogen (secondary N) is 1. The second-order valence-electron chi connectivity index (χ2n) is 5.75. The third-order valence-corrected chi connectivity index (χ3v) is 5.32. The van der Waals surface area contributed by atoms with Gasteiger partial charge in [-0.3, -0.25) is 0 Å². The molecule has 2 atom stereocenters. The first kappa shape index (κ1) is 18.1. The van der Waals surface area contributed by atoms with Gasteiger partial charge in [0.2, 0.25) is 10.0 Å². The van der Waals surface area contributed by atoms with Crippen LogP contribution in [0, 0.1) is 0 Å². The van der Waals surface area contributed by atoms with Gasteiger partial charge in [-0.1, -0.05) is 12.1 Å². The zero-order valence-corrected chi connectivity index (χ0v) is 14.0. The molecule has 0 amide bonds. The Kier molecular flexibility index (Phi) is 5.94. The summed E-state index contributed by atoms with van der Waals surface area (Å²) in [6.07, 6.45) is 2.90. The molecule has 1 aliphatic rings. The number of nitrogens with zero attached hydrogens (tertiary/aromatic N) is 1. The number of hydrogen-bond donors (Lipinski definition) is 1. The number of benzene rings is 1. The lowest BCUT2D eigenvalue weighted by molar-refractivity contribution is -0.0499. The van der Waals surface area contributed by atoms with Gasteiger partial charge >= 0.3 is 6.61 Å². The van der Waals surface area contributed by atoms with Crippen molar-refractivity contribution < 1.29 is 21.9 Å². The van der Waals surface area contributed by atoms with Gasteiger partial charge in [0.25, 0.3) is 0 Å². The van der Waals surface area contributed by atoms with E-state index in [9.17, 15) is 17.2 Å². The Bertz CT molecular complexity index is 625. The van der Waals surface area contributed by atoms with Crippen molar-refractivity contribution in [3.63, 3.8) is 0 Å². The maximum absolute atomic E-state index is 12.3. The highest BCUT2D eigenvalue weighted by Gasteiger charge is 2.31. The van der Waals surface area contributed by atoms with E-state index >= 15 is 0 Å². The van der Waals surface area contributed by atoms with Gasteiger partial charge in [0, 0.05) is 25.2 Å². The van der Waals surface area contributed by atoms with Gasteiger partial charge in [0.1, 0.15) is 5.75 Å². The molecule has 23 heavy (non-hydrogen) atoms. The van der Waals surface area contributed by atoms with Crippen LogP contribution < -0.4 is 10.1 Å². The third kappa shape index (κ3) is 5.12. The Morgan fingerprint density at radius 2 is 2.17 bits per heavy atom. The van der Waals surface area contributed by atoms with E-state index in [0.29, 0.717) is 13.1 Å². The van der Waals surface area contributed by atoms with Gasteiger partial charge in [-0.2, -0.15) is 13.1 Å². The zero-order chi connectivity index (χ0) is 17.0. The lowest BCUT2D eigenvalue weighted by atomic mass is 10.1. The van der Waals surface area contributed by atoms with Crippen molar-refractivity contribution in [3.8, 4) is 5.75 Å². The lowest BCUT2D eigenvalue weighted by Crippen LogP contribution is -2.41. The van der Waals surface area contributed by atoms with Crippen molar-refractivity contribution in [1.82, 2.24) is 9.62 Å². The minimum absolute atomic E-state index is 0.0621. The smallest absolute Gasteiger partial charge is 0.387 e. The first-order valence-electron chi connectivity index (χ1n) is 7.52. The van der Waals surface area contributed by atoms with Gasteiger partial charge < -0.3 is 10.1 Å². The first-order valence-corrected chi connectivity index (χ1v) is 9.37. The topological polar surface area (TPSA) is 58.6 Å². The second-order valence-corrected chi connectivity index (χ2v) is 7.69. The van der Waals surface area contributed by atoms with Crippen LogP contribution >= 0.6 is 0 Å². The highest BCUT2D eigenvalue weighted by molar-refractivity contribution is 7.88. The van der Waals surface area contributed by atoms with Crippen molar-refractivity contribution in [1.29, 1.82) is 0 Å². The molecule has 1 aromatic rings. The highest BCUT2D eigenvalue weighted by atomic mass is 32.2. The summed E-state index contributed by atoms with van der Waals surface area (Å²) in [7, 11) is -3.19. The molecule has 1 aromatic carbocycles.